The molecule has 0 aromatic heterocycles. The third-order valence-electron chi connectivity index (χ3n) is 5.55. The molecule has 2 saturated heterocycles. The Bertz CT molecular complexity index is 743. The molecular weight excluding hydrogens is 312 g/mol. The number of rotatable bonds is 5. The second-order valence-electron chi connectivity index (χ2n) is 7.23. The lowest BCUT2D eigenvalue weighted by molar-refractivity contribution is -0.142. The van der Waals surface area contributed by atoms with E-state index in [4.69, 9.17) is 4.74 Å². The minimum atomic E-state index is -0.0181. The number of carbonyl (C=O) groups excluding carboxylic acids is 1. The Morgan fingerprint density at radius 1 is 1.12 bits per heavy atom. The van der Waals surface area contributed by atoms with Crippen LogP contribution in [0.2, 0.25) is 0 Å². The SMILES string of the molecule is CC(C(=O)N1CCCC1)N1CC(OCc2cccc3ccccc23)C1. The summed E-state index contributed by atoms with van der Waals surface area (Å²) in [6.45, 7) is 6.23. The van der Waals surface area contributed by atoms with Crippen molar-refractivity contribution >= 4 is 16.7 Å². The molecular formula is C21H26N2O2. The topological polar surface area (TPSA) is 32.8 Å². The number of hydrogen-bond donors (Lipinski definition) is 0. The molecule has 0 saturated carbocycles. The van der Waals surface area contributed by atoms with Gasteiger partial charge in [0.25, 0.3) is 0 Å². The van der Waals surface area contributed by atoms with E-state index in [-0.39, 0.29) is 18.1 Å². The maximum atomic E-state index is 12.5. The number of amides is 1. The molecule has 2 aromatic rings. The quantitative estimate of drug-likeness (QED) is 0.840. The average Bonchev–Trinajstić information content (AvgIpc) is 3.14. The van der Waals surface area contributed by atoms with Crippen LogP contribution >= 0.6 is 0 Å². The summed E-state index contributed by atoms with van der Waals surface area (Å²) in [5, 5.41) is 2.52. The fraction of sp³-hybridized carbons (Fsp3) is 0.476. The molecule has 0 spiro atoms. The van der Waals surface area contributed by atoms with Crippen molar-refractivity contribution in [3.63, 3.8) is 0 Å². The summed E-state index contributed by atoms with van der Waals surface area (Å²) >= 11 is 0. The third-order valence-corrected chi connectivity index (χ3v) is 5.55. The van der Waals surface area contributed by atoms with Crippen molar-refractivity contribution in [3.05, 3.63) is 48.0 Å². The van der Waals surface area contributed by atoms with Gasteiger partial charge in [-0.05, 0) is 36.1 Å². The van der Waals surface area contributed by atoms with Gasteiger partial charge in [-0.3, -0.25) is 9.69 Å². The first kappa shape index (κ1) is 16.6. The lowest BCUT2D eigenvalue weighted by Gasteiger charge is -2.43. The Morgan fingerprint density at radius 3 is 2.64 bits per heavy atom. The van der Waals surface area contributed by atoms with Crippen molar-refractivity contribution in [2.75, 3.05) is 26.2 Å². The molecule has 1 atom stereocenters. The lowest BCUT2D eigenvalue weighted by atomic mass is 10.0. The summed E-state index contributed by atoms with van der Waals surface area (Å²) in [4.78, 5) is 16.7. The predicted molar refractivity (Wildman–Crippen MR) is 99.4 cm³/mol. The van der Waals surface area contributed by atoms with E-state index in [1.807, 2.05) is 11.8 Å². The van der Waals surface area contributed by atoms with E-state index in [0.29, 0.717) is 6.61 Å². The molecule has 0 radical (unpaired) electrons. The smallest absolute Gasteiger partial charge is 0.239 e. The second kappa shape index (κ2) is 7.14. The number of hydrogen-bond acceptors (Lipinski definition) is 3. The molecule has 25 heavy (non-hydrogen) atoms. The average molecular weight is 338 g/mol. The fourth-order valence-corrected chi connectivity index (χ4v) is 3.88. The molecule has 4 rings (SSSR count). The fourth-order valence-electron chi connectivity index (χ4n) is 3.88. The van der Waals surface area contributed by atoms with E-state index in [0.717, 1.165) is 39.0 Å². The Labute approximate surface area is 149 Å². The Kier molecular flexibility index (Phi) is 4.73. The monoisotopic (exact) mass is 338 g/mol. The molecule has 2 aliphatic rings. The van der Waals surface area contributed by atoms with E-state index in [2.05, 4.69) is 47.4 Å². The highest BCUT2D eigenvalue weighted by Gasteiger charge is 2.36. The lowest BCUT2D eigenvalue weighted by Crippen LogP contribution is -2.59. The van der Waals surface area contributed by atoms with Crippen LogP contribution in [0.4, 0.5) is 0 Å². The van der Waals surface area contributed by atoms with Crippen molar-refractivity contribution in [3.8, 4) is 0 Å². The van der Waals surface area contributed by atoms with Crippen molar-refractivity contribution < 1.29 is 9.53 Å². The van der Waals surface area contributed by atoms with Gasteiger partial charge in [0.2, 0.25) is 5.91 Å². The molecule has 0 aliphatic carbocycles. The minimum absolute atomic E-state index is 0.0181. The van der Waals surface area contributed by atoms with Gasteiger partial charge in [0.05, 0.1) is 18.8 Å². The van der Waals surface area contributed by atoms with Gasteiger partial charge in [-0.2, -0.15) is 0 Å². The normalized spacial score (nSPS) is 20.0. The standard InChI is InChI=1S/C21H26N2O2/c1-16(21(24)22-11-4-5-12-22)23-13-19(14-23)25-15-18-9-6-8-17-7-2-3-10-20(17)18/h2-3,6-10,16,19H,4-5,11-15H2,1H3. The summed E-state index contributed by atoms with van der Waals surface area (Å²) in [6.07, 6.45) is 2.53. The van der Waals surface area contributed by atoms with Crippen LogP contribution in [-0.4, -0.2) is 54.0 Å². The molecule has 2 aromatic carbocycles. The van der Waals surface area contributed by atoms with Gasteiger partial charge in [0.1, 0.15) is 0 Å². The summed E-state index contributed by atoms with van der Waals surface area (Å²) in [6, 6.07) is 14.8. The molecule has 1 amide bonds. The summed E-state index contributed by atoms with van der Waals surface area (Å²) < 4.78 is 6.09. The molecule has 2 heterocycles. The zero-order chi connectivity index (χ0) is 17.2. The van der Waals surface area contributed by atoms with Gasteiger partial charge < -0.3 is 9.64 Å². The van der Waals surface area contributed by atoms with Gasteiger partial charge in [0.15, 0.2) is 0 Å². The molecule has 2 fully saturated rings. The van der Waals surface area contributed by atoms with Crippen LogP contribution in [0, 0.1) is 0 Å². The summed E-state index contributed by atoms with van der Waals surface area (Å²) in [5.41, 5.74) is 1.23. The number of nitrogens with zero attached hydrogens (tertiary/aromatic N) is 2. The van der Waals surface area contributed by atoms with Gasteiger partial charge in [0, 0.05) is 26.2 Å². The van der Waals surface area contributed by atoms with Crippen molar-refractivity contribution in [1.82, 2.24) is 9.80 Å². The van der Waals surface area contributed by atoms with Crippen LogP contribution in [0.15, 0.2) is 42.5 Å². The molecule has 0 bridgehead atoms. The summed E-state index contributed by atoms with van der Waals surface area (Å²) in [7, 11) is 0. The number of ether oxygens (including phenoxy) is 1. The predicted octanol–water partition coefficient (Wildman–Crippen LogP) is 3.05. The number of fused-ring (bicyclic) bond motifs is 1. The molecule has 4 nitrogen and oxygen atoms in total. The van der Waals surface area contributed by atoms with Crippen LogP contribution in [0.3, 0.4) is 0 Å². The molecule has 132 valence electrons. The molecule has 0 N–H and O–H groups in total. The zero-order valence-corrected chi connectivity index (χ0v) is 14.9. The van der Waals surface area contributed by atoms with E-state index in [1.54, 1.807) is 0 Å². The Hall–Kier alpha value is -1.91. The van der Waals surface area contributed by atoms with Crippen molar-refractivity contribution in [1.29, 1.82) is 0 Å². The first-order chi connectivity index (χ1) is 12.2. The van der Waals surface area contributed by atoms with E-state index < -0.39 is 0 Å². The highest BCUT2D eigenvalue weighted by atomic mass is 16.5. The Morgan fingerprint density at radius 2 is 1.84 bits per heavy atom. The van der Waals surface area contributed by atoms with E-state index in [1.165, 1.54) is 16.3 Å². The van der Waals surface area contributed by atoms with Crippen LogP contribution in [0.1, 0.15) is 25.3 Å². The van der Waals surface area contributed by atoms with Gasteiger partial charge >= 0.3 is 0 Å². The summed E-state index contributed by atoms with van der Waals surface area (Å²) in [5.74, 6) is 0.282. The van der Waals surface area contributed by atoms with Crippen LogP contribution in [0.5, 0.6) is 0 Å². The first-order valence-corrected chi connectivity index (χ1v) is 9.33. The molecule has 4 heteroatoms. The first-order valence-electron chi connectivity index (χ1n) is 9.33. The zero-order valence-electron chi connectivity index (χ0n) is 14.9. The van der Waals surface area contributed by atoms with E-state index >= 15 is 0 Å². The highest BCUT2D eigenvalue weighted by Crippen LogP contribution is 2.23. The third kappa shape index (κ3) is 3.42. The number of benzene rings is 2. The van der Waals surface area contributed by atoms with Crippen LogP contribution < -0.4 is 0 Å². The molecule has 2 aliphatic heterocycles. The maximum Gasteiger partial charge on any atom is 0.239 e. The largest absolute Gasteiger partial charge is 0.371 e. The van der Waals surface area contributed by atoms with Gasteiger partial charge in [-0.25, -0.2) is 0 Å². The van der Waals surface area contributed by atoms with E-state index in [9.17, 15) is 4.79 Å². The molecule has 1 unspecified atom stereocenters. The van der Waals surface area contributed by atoms with Crippen LogP contribution in [-0.2, 0) is 16.1 Å². The second-order valence-corrected chi connectivity index (χ2v) is 7.23. The van der Waals surface area contributed by atoms with Crippen molar-refractivity contribution in [2.24, 2.45) is 0 Å². The number of carbonyl (C=O) groups is 1. The van der Waals surface area contributed by atoms with Gasteiger partial charge in [-0.15, -0.1) is 0 Å². The number of likely N-dealkylation sites (tertiary alicyclic amines) is 2. The van der Waals surface area contributed by atoms with Crippen molar-refractivity contribution in [2.45, 2.75) is 38.5 Å². The van der Waals surface area contributed by atoms with Crippen LogP contribution in [0.25, 0.3) is 10.8 Å². The Balaban J connectivity index is 1.29. The minimum Gasteiger partial charge on any atom is -0.371 e. The highest BCUT2D eigenvalue weighted by molar-refractivity contribution is 5.85. The van der Waals surface area contributed by atoms with Gasteiger partial charge in [-0.1, -0.05) is 42.5 Å². The maximum absolute atomic E-state index is 12.5.